The summed E-state index contributed by atoms with van der Waals surface area (Å²) in [5.74, 6) is -0.244. The number of benzene rings is 2. The number of aromatic nitrogens is 2. The molecule has 1 amide bonds. The molecule has 0 unspecified atom stereocenters. The van der Waals surface area contributed by atoms with Crippen LogP contribution >= 0.6 is 0 Å². The fourth-order valence-electron chi connectivity index (χ4n) is 3.78. The summed E-state index contributed by atoms with van der Waals surface area (Å²) in [5.41, 5.74) is 5.08. The monoisotopic (exact) mass is 414 g/mol. The number of nitrogens with zero attached hydrogens (tertiary/aromatic N) is 4. The van der Waals surface area contributed by atoms with Crippen LogP contribution in [0.4, 0.5) is 5.69 Å². The van der Waals surface area contributed by atoms with Gasteiger partial charge >= 0.3 is 0 Å². The molecule has 4 rings (SSSR count). The van der Waals surface area contributed by atoms with Gasteiger partial charge in [-0.25, -0.2) is 4.99 Å². The molecule has 7 nitrogen and oxygen atoms in total. The quantitative estimate of drug-likeness (QED) is 0.441. The van der Waals surface area contributed by atoms with Crippen LogP contribution in [0.1, 0.15) is 41.4 Å². The number of H-pyrrole nitrogens is 1. The topological polar surface area (TPSA) is 85.7 Å². The number of hydrogen-bond acceptors (Lipinski definition) is 4. The van der Waals surface area contributed by atoms with Crippen LogP contribution in [0.3, 0.4) is 0 Å². The van der Waals surface area contributed by atoms with Crippen molar-refractivity contribution >= 4 is 41.1 Å². The lowest BCUT2D eigenvalue weighted by atomic mass is 10.0. The highest BCUT2D eigenvalue weighted by Crippen LogP contribution is 2.23. The van der Waals surface area contributed by atoms with Crippen molar-refractivity contribution in [2.24, 2.45) is 9.98 Å². The van der Waals surface area contributed by atoms with Crippen LogP contribution < -0.4 is 5.32 Å². The van der Waals surface area contributed by atoms with E-state index in [4.69, 9.17) is 0 Å². The molecule has 2 N–H and O–H groups in total. The minimum atomic E-state index is -0.244. The van der Waals surface area contributed by atoms with Crippen molar-refractivity contribution in [3.8, 4) is 0 Å². The lowest BCUT2D eigenvalue weighted by Gasteiger charge is -2.14. The first-order chi connectivity index (χ1) is 15.1. The molecule has 1 aromatic heterocycles. The molecule has 1 aliphatic rings. The number of carbonyl (C=O) groups excluding carboxylic acids is 1. The normalized spacial score (nSPS) is 15.1. The minimum Gasteiger partial charge on any atom is -0.321 e. The van der Waals surface area contributed by atoms with Crippen LogP contribution in [-0.2, 0) is 6.54 Å². The summed E-state index contributed by atoms with van der Waals surface area (Å²) in [6.45, 7) is 8.61. The third kappa shape index (κ3) is 4.95. The van der Waals surface area contributed by atoms with E-state index in [0.717, 1.165) is 34.3 Å². The van der Waals surface area contributed by atoms with Gasteiger partial charge in [-0.05, 0) is 80.5 Å². The molecule has 3 aromatic rings. The Morgan fingerprint density at radius 2 is 2.00 bits per heavy atom. The Labute approximate surface area is 181 Å². The van der Waals surface area contributed by atoms with Gasteiger partial charge in [0.15, 0.2) is 5.69 Å². The molecule has 31 heavy (non-hydrogen) atoms. The van der Waals surface area contributed by atoms with Crippen LogP contribution in [0, 0.1) is 0 Å². The Hall–Kier alpha value is -3.58. The highest BCUT2D eigenvalue weighted by molar-refractivity contribution is 6.11. The molecule has 0 bridgehead atoms. The lowest BCUT2D eigenvalue weighted by molar-refractivity contribution is 0.102. The standard InChI is InChI=1S/C24H26N6O/c1-17(14-26-16-25-2)19-7-10-22-21(13-19)23(29-28-22)24(31)27-20-8-5-18(6-9-20)15-30-11-3-4-12-30/h5-10,13-14,16H,2-4,11-12,15H2,1H3,(H,27,31)(H,28,29)/b17-14+,26-16-. The van der Waals surface area contributed by atoms with Crippen molar-refractivity contribution in [2.45, 2.75) is 26.3 Å². The summed E-state index contributed by atoms with van der Waals surface area (Å²) in [5, 5.41) is 10.9. The molecule has 158 valence electrons. The smallest absolute Gasteiger partial charge is 0.276 e. The van der Waals surface area contributed by atoms with Gasteiger partial charge in [-0.3, -0.25) is 19.8 Å². The zero-order valence-electron chi connectivity index (χ0n) is 17.6. The van der Waals surface area contributed by atoms with Crippen molar-refractivity contribution in [1.82, 2.24) is 15.1 Å². The summed E-state index contributed by atoms with van der Waals surface area (Å²) in [4.78, 5) is 23.0. The van der Waals surface area contributed by atoms with E-state index in [1.165, 1.54) is 37.8 Å². The van der Waals surface area contributed by atoms with Crippen molar-refractivity contribution in [2.75, 3.05) is 18.4 Å². The predicted octanol–water partition coefficient (Wildman–Crippen LogP) is 4.50. The molecule has 0 spiro atoms. The molecular formula is C24H26N6O. The Morgan fingerprint density at radius 3 is 2.74 bits per heavy atom. The molecule has 0 aliphatic carbocycles. The van der Waals surface area contributed by atoms with Gasteiger partial charge in [0.1, 0.15) is 6.34 Å². The number of amides is 1. The second kappa shape index (κ2) is 9.49. The van der Waals surface area contributed by atoms with Crippen molar-refractivity contribution in [1.29, 1.82) is 0 Å². The maximum Gasteiger partial charge on any atom is 0.276 e. The Morgan fingerprint density at radius 1 is 1.23 bits per heavy atom. The largest absolute Gasteiger partial charge is 0.321 e. The summed E-state index contributed by atoms with van der Waals surface area (Å²) in [6.07, 6.45) is 5.65. The van der Waals surface area contributed by atoms with Gasteiger partial charge in [-0.1, -0.05) is 18.2 Å². The fourth-order valence-corrected chi connectivity index (χ4v) is 3.78. The van der Waals surface area contributed by atoms with Crippen LogP contribution in [0.5, 0.6) is 0 Å². The number of likely N-dealkylation sites (tertiary alicyclic amines) is 1. The first-order valence-electron chi connectivity index (χ1n) is 10.4. The Balaban J connectivity index is 1.49. The average Bonchev–Trinajstić information content (AvgIpc) is 3.44. The van der Waals surface area contributed by atoms with Gasteiger partial charge in [0.05, 0.1) is 5.52 Å². The van der Waals surface area contributed by atoms with Crippen LogP contribution in [0.2, 0.25) is 0 Å². The maximum atomic E-state index is 12.9. The van der Waals surface area contributed by atoms with Gasteiger partial charge < -0.3 is 5.32 Å². The van der Waals surface area contributed by atoms with Gasteiger partial charge in [-0.2, -0.15) is 5.10 Å². The third-order valence-corrected chi connectivity index (χ3v) is 5.47. The number of carbonyl (C=O) groups is 1. The number of allylic oxidation sites excluding steroid dienone is 1. The summed E-state index contributed by atoms with van der Waals surface area (Å²) in [7, 11) is 0. The van der Waals surface area contributed by atoms with E-state index in [9.17, 15) is 4.79 Å². The van der Waals surface area contributed by atoms with Crippen molar-refractivity contribution < 1.29 is 4.79 Å². The van der Waals surface area contributed by atoms with E-state index >= 15 is 0 Å². The van der Waals surface area contributed by atoms with Crippen molar-refractivity contribution in [3.05, 3.63) is 65.5 Å². The highest BCUT2D eigenvalue weighted by atomic mass is 16.1. The lowest BCUT2D eigenvalue weighted by Crippen LogP contribution is -2.18. The molecule has 0 radical (unpaired) electrons. The number of fused-ring (bicyclic) bond motifs is 1. The van der Waals surface area contributed by atoms with E-state index in [-0.39, 0.29) is 5.91 Å². The third-order valence-electron chi connectivity index (χ3n) is 5.47. The fraction of sp³-hybridized carbons (Fsp3) is 0.250. The summed E-state index contributed by atoms with van der Waals surface area (Å²) < 4.78 is 0. The average molecular weight is 415 g/mol. The molecular weight excluding hydrogens is 388 g/mol. The van der Waals surface area contributed by atoms with E-state index in [0.29, 0.717) is 5.69 Å². The van der Waals surface area contributed by atoms with Crippen LogP contribution in [-0.4, -0.2) is 47.2 Å². The second-order valence-corrected chi connectivity index (χ2v) is 7.73. The molecule has 1 aliphatic heterocycles. The molecule has 7 heteroatoms. The first kappa shape index (κ1) is 20.7. The van der Waals surface area contributed by atoms with Gasteiger partial charge in [-0.15, -0.1) is 0 Å². The van der Waals surface area contributed by atoms with Gasteiger partial charge in [0, 0.05) is 23.8 Å². The Bertz CT molecular complexity index is 1140. The zero-order valence-corrected chi connectivity index (χ0v) is 17.6. The molecule has 0 atom stereocenters. The number of aliphatic imine (C=N–C) groups is 2. The number of rotatable bonds is 7. The van der Waals surface area contributed by atoms with E-state index in [1.54, 1.807) is 6.20 Å². The molecule has 2 aromatic carbocycles. The number of aromatic amines is 1. The van der Waals surface area contributed by atoms with Crippen LogP contribution in [0.15, 0.2) is 58.6 Å². The SMILES string of the molecule is C=N/C=N\C=C(/C)c1ccc2[nH]nc(C(=O)Nc3ccc(CN4CCCC4)cc3)c2c1. The van der Waals surface area contributed by atoms with Gasteiger partial charge in [0.2, 0.25) is 0 Å². The van der Waals surface area contributed by atoms with E-state index in [1.807, 2.05) is 37.3 Å². The zero-order chi connectivity index (χ0) is 21.6. The van der Waals surface area contributed by atoms with E-state index in [2.05, 4.69) is 49.2 Å². The number of hydrogen-bond donors (Lipinski definition) is 2. The first-order valence-corrected chi connectivity index (χ1v) is 10.4. The summed E-state index contributed by atoms with van der Waals surface area (Å²) in [6, 6.07) is 13.8. The molecule has 1 fully saturated rings. The predicted molar refractivity (Wildman–Crippen MR) is 127 cm³/mol. The van der Waals surface area contributed by atoms with Gasteiger partial charge in [0.25, 0.3) is 5.91 Å². The van der Waals surface area contributed by atoms with E-state index < -0.39 is 0 Å². The molecule has 0 saturated carbocycles. The number of nitrogens with one attached hydrogen (secondary N) is 2. The molecule has 2 heterocycles. The van der Waals surface area contributed by atoms with Crippen LogP contribution in [0.25, 0.3) is 16.5 Å². The molecule has 1 saturated heterocycles. The highest BCUT2D eigenvalue weighted by Gasteiger charge is 2.16. The number of anilines is 1. The van der Waals surface area contributed by atoms with Crippen molar-refractivity contribution in [3.63, 3.8) is 0 Å². The Kier molecular flexibility index (Phi) is 6.33. The maximum absolute atomic E-state index is 12.9. The second-order valence-electron chi connectivity index (χ2n) is 7.73. The minimum absolute atomic E-state index is 0.244. The summed E-state index contributed by atoms with van der Waals surface area (Å²) >= 11 is 0.